The van der Waals surface area contributed by atoms with Crippen molar-refractivity contribution >= 4 is 10.0 Å². The van der Waals surface area contributed by atoms with Gasteiger partial charge in [0.05, 0.1) is 4.90 Å². The highest BCUT2D eigenvalue weighted by Crippen LogP contribution is 2.14. The van der Waals surface area contributed by atoms with Gasteiger partial charge in [-0.05, 0) is 42.6 Å². The van der Waals surface area contributed by atoms with Crippen LogP contribution in [0.3, 0.4) is 0 Å². The zero-order valence-electron chi connectivity index (χ0n) is 9.71. The number of aryl methyl sites for hydroxylation is 2. The van der Waals surface area contributed by atoms with Crippen molar-refractivity contribution in [2.24, 2.45) is 5.11 Å². The molecule has 6 nitrogen and oxygen atoms in total. The van der Waals surface area contributed by atoms with E-state index >= 15 is 0 Å². The third kappa shape index (κ3) is 3.74. The molecule has 1 aromatic carbocycles. The normalized spacial score (nSPS) is 10.9. The molecule has 0 fully saturated rings. The zero-order chi connectivity index (χ0) is 12.9. The molecule has 0 saturated heterocycles. The summed E-state index contributed by atoms with van der Waals surface area (Å²) in [7, 11) is -3.51. The number of hydrogen-bond donors (Lipinski definition) is 1. The molecule has 0 bridgehead atoms. The molecule has 1 N–H and O–H groups in total. The van der Waals surface area contributed by atoms with Crippen LogP contribution < -0.4 is 4.72 Å². The van der Waals surface area contributed by atoms with Gasteiger partial charge < -0.3 is 0 Å². The van der Waals surface area contributed by atoms with Gasteiger partial charge in [-0.15, -0.1) is 0 Å². The molecule has 0 radical (unpaired) electrons. The third-order valence-electron chi connectivity index (χ3n) is 2.36. The van der Waals surface area contributed by atoms with Crippen molar-refractivity contribution in [2.75, 3.05) is 13.1 Å². The summed E-state index contributed by atoms with van der Waals surface area (Å²) in [5.74, 6) is 0. The Morgan fingerprint density at radius 2 is 2.06 bits per heavy atom. The van der Waals surface area contributed by atoms with Crippen LogP contribution in [0.2, 0.25) is 0 Å². The summed E-state index contributed by atoms with van der Waals surface area (Å²) in [6.07, 6.45) is 0. The number of sulfonamides is 1. The Bertz CT molecular complexity index is 547. The molecular weight excluding hydrogens is 240 g/mol. The van der Waals surface area contributed by atoms with Gasteiger partial charge in [-0.2, -0.15) is 0 Å². The number of benzene rings is 1. The molecule has 7 heteroatoms. The number of nitrogens with one attached hydrogen (secondary N) is 1. The van der Waals surface area contributed by atoms with E-state index in [1.54, 1.807) is 18.2 Å². The lowest BCUT2D eigenvalue weighted by atomic mass is 10.1. The fraction of sp³-hybridized carbons (Fsp3) is 0.400. The van der Waals surface area contributed by atoms with Crippen molar-refractivity contribution in [1.29, 1.82) is 0 Å². The zero-order valence-corrected chi connectivity index (χ0v) is 10.5. The van der Waals surface area contributed by atoms with Crippen molar-refractivity contribution in [3.05, 3.63) is 39.8 Å². The quantitative estimate of drug-likeness (QED) is 0.376. The standard InChI is InChI=1S/C10H14N4O2S/c1-8-3-4-10(7-9(8)2)17(15,16)13-6-5-12-14-11/h3-4,7,13H,5-6H2,1-2H3. The Kier molecular flexibility index (Phi) is 4.51. The van der Waals surface area contributed by atoms with Gasteiger partial charge in [-0.25, -0.2) is 13.1 Å². The lowest BCUT2D eigenvalue weighted by Crippen LogP contribution is -2.26. The summed E-state index contributed by atoms with van der Waals surface area (Å²) < 4.78 is 26.0. The molecule has 0 aromatic heterocycles. The SMILES string of the molecule is Cc1ccc(S(=O)(=O)NCCN=[N+]=[N-])cc1C. The van der Waals surface area contributed by atoms with Crippen LogP contribution >= 0.6 is 0 Å². The summed E-state index contributed by atoms with van der Waals surface area (Å²) in [4.78, 5) is 2.77. The fourth-order valence-corrected chi connectivity index (χ4v) is 2.34. The van der Waals surface area contributed by atoms with Crippen molar-refractivity contribution in [3.63, 3.8) is 0 Å². The molecule has 0 saturated carbocycles. The Balaban J connectivity index is 2.82. The first-order valence-electron chi connectivity index (χ1n) is 5.05. The molecule has 0 unspecified atom stereocenters. The van der Waals surface area contributed by atoms with Gasteiger partial charge in [0.25, 0.3) is 0 Å². The van der Waals surface area contributed by atoms with Gasteiger partial charge in [-0.3, -0.25) is 0 Å². The molecule has 0 amide bonds. The Hall–Kier alpha value is -1.56. The maximum absolute atomic E-state index is 11.8. The highest BCUT2D eigenvalue weighted by Gasteiger charge is 2.13. The predicted molar refractivity (Wildman–Crippen MR) is 65.1 cm³/mol. The average molecular weight is 254 g/mol. The summed E-state index contributed by atoms with van der Waals surface area (Å²) >= 11 is 0. The smallest absolute Gasteiger partial charge is 0.211 e. The Labute approximate surface area is 100 Å². The van der Waals surface area contributed by atoms with Crippen molar-refractivity contribution in [3.8, 4) is 0 Å². The van der Waals surface area contributed by atoms with E-state index in [1.807, 2.05) is 13.8 Å². The number of rotatable bonds is 5. The second kappa shape index (κ2) is 5.67. The highest BCUT2D eigenvalue weighted by molar-refractivity contribution is 7.89. The molecule has 0 aliphatic carbocycles. The molecule has 0 spiro atoms. The van der Waals surface area contributed by atoms with Crippen LogP contribution in [0.5, 0.6) is 0 Å². The van der Waals surface area contributed by atoms with Crippen LogP contribution in [0.1, 0.15) is 11.1 Å². The minimum Gasteiger partial charge on any atom is -0.211 e. The molecule has 1 rings (SSSR count). The maximum Gasteiger partial charge on any atom is 0.240 e. The lowest BCUT2D eigenvalue weighted by molar-refractivity contribution is 0.582. The molecule has 92 valence electrons. The molecule has 1 aromatic rings. The van der Waals surface area contributed by atoms with E-state index in [0.717, 1.165) is 11.1 Å². The predicted octanol–water partition coefficient (Wildman–Crippen LogP) is 1.89. The maximum atomic E-state index is 11.8. The van der Waals surface area contributed by atoms with Crippen LogP contribution in [0.15, 0.2) is 28.2 Å². The van der Waals surface area contributed by atoms with Crippen LogP contribution in [0, 0.1) is 13.8 Å². The molecule has 17 heavy (non-hydrogen) atoms. The topological polar surface area (TPSA) is 94.9 Å². The van der Waals surface area contributed by atoms with E-state index in [0.29, 0.717) is 0 Å². The van der Waals surface area contributed by atoms with Gasteiger partial charge in [0, 0.05) is 18.0 Å². The van der Waals surface area contributed by atoms with Gasteiger partial charge in [0.1, 0.15) is 0 Å². The van der Waals surface area contributed by atoms with Gasteiger partial charge in [0.2, 0.25) is 10.0 Å². The van der Waals surface area contributed by atoms with Crippen molar-refractivity contribution in [2.45, 2.75) is 18.7 Å². The first-order valence-corrected chi connectivity index (χ1v) is 6.53. The van der Waals surface area contributed by atoms with Crippen molar-refractivity contribution < 1.29 is 8.42 Å². The van der Waals surface area contributed by atoms with E-state index in [9.17, 15) is 8.42 Å². The van der Waals surface area contributed by atoms with Crippen molar-refractivity contribution in [1.82, 2.24) is 4.72 Å². The fourth-order valence-electron chi connectivity index (χ4n) is 1.24. The summed E-state index contributed by atoms with van der Waals surface area (Å²) in [5, 5.41) is 3.25. The van der Waals surface area contributed by atoms with E-state index in [-0.39, 0.29) is 18.0 Å². The van der Waals surface area contributed by atoms with E-state index in [4.69, 9.17) is 5.53 Å². The summed E-state index contributed by atoms with van der Waals surface area (Å²) in [6.45, 7) is 3.97. The van der Waals surface area contributed by atoms with Gasteiger partial charge in [-0.1, -0.05) is 11.2 Å². The second-order valence-corrected chi connectivity index (χ2v) is 5.37. The van der Waals surface area contributed by atoms with Crippen LogP contribution in [-0.4, -0.2) is 21.5 Å². The van der Waals surface area contributed by atoms with Crippen LogP contribution in [0.4, 0.5) is 0 Å². The van der Waals surface area contributed by atoms with E-state index in [1.165, 1.54) is 0 Å². The minimum absolute atomic E-state index is 0.0965. The first kappa shape index (κ1) is 13.5. The first-order chi connectivity index (χ1) is 7.97. The largest absolute Gasteiger partial charge is 0.240 e. The second-order valence-electron chi connectivity index (χ2n) is 3.60. The van der Waals surface area contributed by atoms with Crippen LogP contribution in [0.25, 0.3) is 10.4 Å². The summed E-state index contributed by atoms with van der Waals surface area (Å²) in [5.41, 5.74) is 10.0. The summed E-state index contributed by atoms with van der Waals surface area (Å²) in [6, 6.07) is 4.93. The molecule has 0 aliphatic heterocycles. The minimum atomic E-state index is -3.51. The number of nitrogens with zero attached hydrogens (tertiary/aromatic N) is 3. The lowest BCUT2D eigenvalue weighted by Gasteiger charge is -2.07. The molecule has 0 atom stereocenters. The highest BCUT2D eigenvalue weighted by atomic mass is 32.2. The van der Waals surface area contributed by atoms with E-state index in [2.05, 4.69) is 14.7 Å². The Morgan fingerprint density at radius 3 is 2.65 bits per heavy atom. The Morgan fingerprint density at radius 1 is 1.35 bits per heavy atom. The monoisotopic (exact) mass is 254 g/mol. The van der Waals surface area contributed by atoms with Crippen LogP contribution in [-0.2, 0) is 10.0 Å². The third-order valence-corrected chi connectivity index (χ3v) is 3.81. The molecule has 0 heterocycles. The number of azide groups is 1. The average Bonchev–Trinajstić information content (AvgIpc) is 2.28. The van der Waals surface area contributed by atoms with Gasteiger partial charge >= 0.3 is 0 Å². The van der Waals surface area contributed by atoms with Gasteiger partial charge in [0.15, 0.2) is 0 Å². The van der Waals surface area contributed by atoms with E-state index < -0.39 is 10.0 Å². The molecule has 0 aliphatic rings. The molecular formula is C10H14N4O2S. The number of hydrogen-bond acceptors (Lipinski definition) is 3.